The van der Waals surface area contributed by atoms with Crippen LogP contribution in [0.15, 0.2) is 29.2 Å². The maximum Gasteiger partial charge on any atom is 0.331 e. The zero-order chi connectivity index (χ0) is 16.8. The Morgan fingerprint density at radius 1 is 1.45 bits per heavy atom. The van der Waals surface area contributed by atoms with Crippen molar-refractivity contribution >= 4 is 24.1 Å². The summed E-state index contributed by atoms with van der Waals surface area (Å²) in [4.78, 5) is 22.7. The molecule has 0 saturated carbocycles. The summed E-state index contributed by atoms with van der Waals surface area (Å²) in [5, 5.41) is 12.1. The van der Waals surface area contributed by atoms with Gasteiger partial charge in [0.1, 0.15) is 0 Å². The minimum absolute atomic E-state index is 0.0749. The van der Waals surface area contributed by atoms with Gasteiger partial charge in [0.2, 0.25) is 6.41 Å². The van der Waals surface area contributed by atoms with Gasteiger partial charge in [-0.25, -0.2) is 13.6 Å². The van der Waals surface area contributed by atoms with E-state index < -0.39 is 29.8 Å². The number of thioether (sulfide) groups is 1. The van der Waals surface area contributed by atoms with Crippen molar-refractivity contribution < 1.29 is 28.2 Å². The predicted octanol–water partition coefficient (Wildman–Crippen LogP) is 1.37. The molecule has 0 fully saturated rings. The summed E-state index contributed by atoms with van der Waals surface area (Å²) in [5.41, 5.74) is -1.74. The van der Waals surface area contributed by atoms with E-state index in [4.69, 9.17) is 0 Å². The van der Waals surface area contributed by atoms with Gasteiger partial charge in [-0.1, -0.05) is 17.7 Å². The summed E-state index contributed by atoms with van der Waals surface area (Å²) in [5.74, 6) is -1.63. The van der Waals surface area contributed by atoms with Gasteiger partial charge in [-0.3, -0.25) is 4.79 Å². The van der Waals surface area contributed by atoms with Crippen LogP contribution in [-0.2, 0) is 14.3 Å². The Kier molecular flexibility index (Phi) is 6.76. The molecular weight excluding hydrogens is 316 g/mol. The van der Waals surface area contributed by atoms with Gasteiger partial charge < -0.3 is 15.2 Å². The van der Waals surface area contributed by atoms with Gasteiger partial charge in [0.25, 0.3) is 6.43 Å². The van der Waals surface area contributed by atoms with Gasteiger partial charge in [0.15, 0.2) is 11.6 Å². The lowest BCUT2D eigenvalue weighted by Gasteiger charge is -2.32. The van der Waals surface area contributed by atoms with Crippen LogP contribution in [0.5, 0.6) is 0 Å². The molecule has 0 aliphatic carbocycles. The third-order valence-electron chi connectivity index (χ3n) is 3.04. The zero-order valence-corrected chi connectivity index (χ0v) is 12.9. The SMILES string of the molecule is COC(=O)[C@@H](NC=O)[C@@](O)(CSc1ccc(C)cc1)C(F)F. The van der Waals surface area contributed by atoms with Gasteiger partial charge in [0.05, 0.1) is 7.11 Å². The summed E-state index contributed by atoms with van der Waals surface area (Å²) in [6.45, 7) is 1.88. The molecule has 1 aromatic carbocycles. The average molecular weight is 333 g/mol. The first kappa shape index (κ1) is 18.4. The molecule has 0 radical (unpaired) electrons. The van der Waals surface area contributed by atoms with E-state index in [9.17, 15) is 23.5 Å². The van der Waals surface area contributed by atoms with Crippen molar-refractivity contribution in [3.63, 3.8) is 0 Å². The summed E-state index contributed by atoms with van der Waals surface area (Å²) in [6, 6.07) is 5.17. The number of nitrogens with one attached hydrogen (secondary N) is 1. The molecule has 122 valence electrons. The summed E-state index contributed by atoms with van der Waals surface area (Å²) in [7, 11) is 0.987. The Morgan fingerprint density at radius 3 is 2.50 bits per heavy atom. The Labute approximate surface area is 131 Å². The van der Waals surface area contributed by atoms with E-state index in [-0.39, 0.29) is 6.41 Å². The Bertz CT molecular complexity index is 512. The van der Waals surface area contributed by atoms with Crippen LogP contribution in [0.1, 0.15) is 5.56 Å². The fourth-order valence-electron chi connectivity index (χ4n) is 1.71. The lowest BCUT2D eigenvalue weighted by molar-refractivity contribution is -0.161. The molecule has 1 rings (SSSR count). The standard InChI is InChI=1S/C14H17F2NO4S/c1-9-3-5-10(6-4-9)22-7-14(20,13(15)16)11(17-8-18)12(19)21-2/h3-6,8,11,13,20H,7H2,1-2H3,(H,17,18)/t11-,14+/m1/s1. The first-order valence-electron chi connectivity index (χ1n) is 6.32. The van der Waals surface area contributed by atoms with Crippen LogP contribution in [0.4, 0.5) is 8.78 Å². The molecule has 22 heavy (non-hydrogen) atoms. The van der Waals surface area contributed by atoms with Crippen molar-refractivity contribution in [2.75, 3.05) is 12.9 Å². The summed E-state index contributed by atoms with van der Waals surface area (Å²) >= 11 is 0.953. The lowest BCUT2D eigenvalue weighted by atomic mass is 9.97. The second-order valence-corrected chi connectivity index (χ2v) is 5.68. The molecule has 0 unspecified atom stereocenters. The topological polar surface area (TPSA) is 75.6 Å². The number of carbonyl (C=O) groups excluding carboxylic acids is 2. The van der Waals surface area contributed by atoms with Crippen LogP contribution < -0.4 is 5.32 Å². The second-order valence-electron chi connectivity index (χ2n) is 4.63. The number of rotatable bonds is 8. The Balaban J connectivity index is 2.95. The van der Waals surface area contributed by atoms with E-state index >= 15 is 0 Å². The smallest absolute Gasteiger partial charge is 0.331 e. The molecular formula is C14H17F2NO4S. The molecule has 0 saturated heterocycles. The third kappa shape index (κ3) is 4.41. The molecule has 0 bridgehead atoms. The highest BCUT2D eigenvalue weighted by Crippen LogP contribution is 2.30. The van der Waals surface area contributed by atoms with Crippen molar-refractivity contribution in [1.82, 2.24) is 5.32 Å². The van der Waals surface area contributed by atoms with Crippen LogP contribution >= 0.6 is 11.8 Å². The number of halogens is 2. The zero-order valence-electron chi connectivity index (χ0n) is 12.1. The van der Waals surface area contributed by atoms with E-state index in [1.54, 1.807) is 24.3 Å². The quantitative estimate of drug-likeness (QED) is 0.427. The van der Waals surface area contributed by atoms with Crippen LogP contribution in [0.3, 0.4) is 0 Å². The number of aryl methyl sites for hydroxylation is 1. The number of aliphatic hydroxyl groups is 1. The van der Waals surface area contributed by atoms with E-state index in [2.05, 4.69) is 4.74 Å². The second kappa shape index (κ2) is 8.09. The molecule has 0 aromatic heterocycles. The van der Waals surface area contributed by atoms with Gasteiger partial charge >= 0.3 is 5.97 Å². The van der Waals surface area contributed by atoms with Gasteiger partial charge in [-0.05, 0) is 19.1 Å². The highest BCUT2D eigenvalue weighted by Gasteiger charge is 2.50. The van der Waals surface area contributed by atoms with Gasteiger partial charge in [-0.2, -0.15) is 0 Å². The number of alkyl halides is 2. The molecule has 0 spiro atoms. The number of hydrogen-bond acceptors (Lipinski definition) is 5. The number of hydrogen-bond donors (Lipinski definition) is 2. The predicted molar refractivity (Wildman–Crippen MR) is 77.9 cm³/mol. The molecule has 5 nitrogen and oxygen atoms in total. The van der Waals surface area contributed by atoms with Crippen molar-refractivity contribution in [2.24, 2.45) is 0 Å². The molecule has 0 aliphatic rings. The van der Waals surface area contributed by atoms with E-state index in [0.717, 1.165) is 24.4 Å². The van der Waals surface area contributed by atoms with Gasteiger partial charge in [-0.15, -0.1) is 11.8 Å². The van der Waals surface area contributed by atoms with Gasteiger partial charge in [0, 0.05) is 10.6 Å². The largest absolute Gasteiger partial charge is 0.467 e. The lowest BCUT2D eigenvalue weighted by Crippen LogP contribution is -2.61. The third-order valence-corrected chi connectivity index (χ3v) is 4.25. The molecule has 1 amide bonds. The number of carbonyl (C=O) groups is 2. The van der Waals surface area contributed by atoms with Crippen molar-refractivity contribution in [2.45, 2.75) is 29.9 Å². The summed E-state index contributed by atoms with van der Waals surface area (Å²) < 4.78 is 31.0. The first-order chi connectivity index (χ1) is 10.3. The maximum absolute atomic E-state index is 13.3. The number of methoxy groups -OCH3 is 1. The Morgan fingerprint density at radius 2 is 2.05 bits per heavy atom. The van der Waals surface area contributed by atoms with E-state index in [1.807, 2.05) is 12.2 Å². The highest BCUT2D eigenvalue weighted by atomic mass is 32.2. The van der Waals surface area contributed by atoms with Crippen molar-refractivity contribution in [3.8, 4) is 0 Å². The Hall–Kier alpha value is -1.67. The first-order valence-corrected chi connectivity index (χ1v) is 7.31. The van der Waals surface area contributed by atoms with Crippen molar-refractivity contribution in [3.05, 3.63) is 29.8 Å². The van der Waals surface area contributed by atoms with Crippen LogP contribution in [-0.4, -0.2) is 48.4 Å². The monoisotopic (exact) mass is 333 g/mol. The van der Waals surface area contributed by atoms with Crippen LogP contribution in [0.25, 0.3) is 0 Å². The van der Waals surface area contributed by atoms with Crippen LogP contribution in [0, 0.1) is 6.92 Å². The minimum atomic E-state index is -3.25. The minimum Gasteiger partial charge on any atom is -0.467 e. The van der Waals surface area contributed by atoms with E-state index in [1.165, 1.54) is 0 Å². The average Bonchev–Trinajstić information content (AvgIpc) is 2.50. The number of esters is 1. The molecule has 0 aliphatic heterocycles. The number of ether oxygens (including phenoxy) is 1. The van der Waals surface area contributed by atoms with E-state index in [0.29, 0.717) is 4.90 Å². The molecule has 2 atom stereocenters. The normalized spacial score (nSPS) is 15.0. The fourth-order valence-corrected chi connectivity index (χ4v) is 2.73. The van der Waals surface area contributed by atoms with Crippen LogP contribution in [0.2, 0.25) is 0 Å². The number of benzene rings is 1. The fraction of sp³-hybridized carbons (Fsp3) is 0.429. The molecule has 0 heterocycles. The molecule has 1 aromatic rings. The van der Waals surface area contributed by atoms with Crippen molar-refractivity contribution in [1.29, 1.82) is 0 Å². The maximum atomic E-state index is 13.3. The number of amides is 1. The summed E-state index contributed by atoms with van der Waals surface area (Å²) in [6.07, 6.45) is -3.17. The molecule has 2 N–H and O–H groups in total. The molecule has 8 heteroatoms. The highest BCUT2D eigenvalue weighted by molar-refractivity contribution is 7.99.